The minimum atomic E-state index is -1.21. The molecule has 144 valence electrons. The zero-order valence-electron chi connectivity index (χ0n) is 14.0. The molecular formula is C18H11F3N2O5. The third-order valence-electron chi connectivity index (χ3n) is 3.58. The predicted octanol–water partition coefficient (Wildman–Crippen LogP) is 2.35. The van der Waals surface area contributed by atoms with E-state index in [0.29, 0.717) is 16.3 Å². The molecular weight excluding hydrogens is 381 g/mol. The average molecular weight is 392 g/mol. The number of rotatable bonds is 6. The van der Waals surface area contributed by atoms with Crippen LogP contribution < -0.4 is 5.76 Å². The molecule has 0 N–H and O–H groups in total. The van der Waals surface area contributed by atoms with Crippen molar-refractivity contribution in [1.82, 2.24) is 9.78 Å². The van der Waals surface area contributed by atoms with Crippen molar-refractivity contribution >= 4 is 11.8 Å². The van der Waals surface area contributed by atoms with Gasteiger partial charge in [-0.15, -0.1) is 5.10 Å². The molecule has 0 aliphatic carbocycles. The van der Waals surface area contributed by atoms with Gasteiger partial charge >= 0.3 is 11.7 Å². The lowest BCUT2D eigenvalue weighted by Crippen LogP contribution is -2.24. The summed E-state index contributed by atoms with van der Waals surface area (Å²) in [5.74, 6) is -5.63. The Morgan fingerprint density at radius 3 is 2.43 bits per heavy atom. The molecule has 3 rings (SSSR count). The van der Waals surface area contributed by atoms with Crippen LogP contribution >= 0.6 is 0 Å². The van der Waals surface area contributed by atoms with Crippen LogP contribution in [0.4, 0.5) is 13.2 Å². The number of hydrogen-bond donors (Lipinski definition) is 0. The lowest BCUT2D eigenvalue weighted by Gasteiger charge is -2.04. The first-order valence-electron chi connectivity index (χ1n) is 7.81. The zero-order chi connectivity index (χ0) is 20.3. The van der Waals surface area contributed by atoms with Gasteiger partial charge in [-0.1, -0.05) is 0 Å². The van der Waals surface area contributed by atoms with E-state index in [9.17, 15) is 27.6 Å². The van der Waals surface area contributed by atoms with E-state index in [0.717, 1.165) is 24.3 Å². The van der Waals surface area contributed by atoms with E-state index in [2.05, 4.69) is 5.10 Å². The fourth-order valence-electron chi connectivity index (χ4n) is 2.18. The maximum absolute atomic E-state index is 13.1. The van der Waals surface area contributed by atoms with E-state index in [1.165, 1.54) is 12.1 Å². The number of aromatic nitrogens is 2. The van der Waals surface area contributed by atoms with Crippen molar-refractivity contribution in [2.45, 2.75) is 6.54 Å². The lowest BCUT2D eigenvalue weighted by molar-refractivity contribution is -0.143. The Kier molecular flexibility index (Phi) is 5.39. The van der Waals surface area contributed by atoms with Crippen molar-refractivity contribution in [3.05, 3.63) is 76.0 Å². The Balaban J connectivity index is 1.62. The molecule has 2 aromatic carbocycles. The minimum Gasteiger partial charge on any atom is -0.456 e. The summed E-state index contributed by atoms with van der Waals surface area (Å²) in [4.78, 5) is 35.4. The topological polar surface area (TPSA) is 91.4 Å². The third kappa shape index (κ3) is 4.34. The van der Waals surface area contributed by atoms with Gasteiger partial charge in [0.15, 0.2) is 24.0 Å². The predicted molar refractivity (Wildman–Crippen MR) is 87.8 cm³/mol. The van der Waals surface area contributed by atoms with Gasteiger partial charge in [-0.2, -0.15) is 4.68 Å². The Morgan fingerprint density at radius 1 is 1.04 bits per heavy atom. The molecule has 0 radical (unpaired) electrons. The van der Waals surface area contributed by atoms with Crippen LogP contribution in [-0.4, -0.2) is 28.1 Å². The fourth-order valence-corrected chi connectivity index (χ4v) is 2.18. The van der Waals surface area contributed by atoms with Gasteiger partial charge in [0, 0.05) is 11.1 Å². The zero-order valence-corrected chi connectivity index (χ0v) is 14.0. The van der Waals surface area contributed by atoms with Crippen molar-refractivity contribution < 1.29 is 31.9 Å². The molecule has 0 amide bonds. The number of carbonyl (C=O) groups excluding carboxylic acids is 2. The maximum Gasteiger partial charge on any atom is 0.437 e. The molecule has 7 nitrogen and oxygen atoms in total. The summed E-state index contributed by atoms with van der Waals surface area (Å²) < 4.78 is 49.2. The second-order valence-electron chi connectivity index (χ2n) is 5.55. The van der Waals surface area contributed by atoms with E-state index in [1.807, 2.05) is 0 Å². The van der Waals surface area contributed by atoms with Gasteiger partial charge < -0.3 is 9.15 Å². The summed E-state index contributed by atoms with van der Waals surface area (Å²) in [6.07, 6.45) is 0. The number of ether oxygens (including phenoxy) is 1. The smallest absolute Gasteiger partial charge is 0.437 e. The van der Waals surface area contributed by atoms with Gasteiger partial charge in [-0.25, -0.2) is 18.0 Å². The van der Waals surface area contributed by atoms with Gasteiger partial charge in [-0.05, 0) is 42.5 Å². The summed E-state index contributed by atoms with van der Waals surface area (Å²) in [6, 6.07) is 7.47. The average Bonchev–Trinajstić information content (AvgIpc) is 3.03. The van der Waals surface area contributed by atoms with Crippen LogP contribution in [0.3, 0.4) is 0 Å². The van der Waals surface area contributed by atoms with Crippen LogP contribution in [0.25, 0.3) is 11.5 Å². The fraction of sp³-hybridized carbons (Fsp3) is 0.111. The van der Waals surface area contributed by atoms with Crippen LogP contribution in [0.15, 0.2) is 51.7 Å². The Bertz CT molecular complexity index is 1090. The normalized spacial score (nSPS) is 10.7. The summed E-state index contributed by atoms with van der Waals surface area (Å²) in [6.45, 7) is -1.38. The largest absolute Gasteiger partial charge is 0.456 e. The summed E-state index contributed by atoms with van der Waals surface area (Å²) in [5.41, 5.74) is 0.142. The molecule has 0 spiro atoms. The van der Waals surface area contributed by atoms with Gasteiger partial charge in [-0.3, -0.25) is 9.59 Å². The second kappa shape index (κ2) is 7.91. The summed E-state index contributed by atoms with van der Waals surface area (Å²) in [7, 11) is 0. The molecule has 1 aromatic heterocycles. The van der Waals surface area contributed by atoms with Gasteiger partial charge in [0.1, 0.15) is 12.4 Å². The first-order valence-corrected chi connectivity index (χ1v) is 7.81. The van der Waals surface area contributed by atoms with Gasteiger partial charge in [0.2, 0.25) is 5.89 Å². The molecule has 10 heteroatoms. The van der Waals surface area contributed by atoms with E-state index >= 15 is 0 Å². The Hall–Kier alpha value is -3.69. The monoisotopic (exact) mass is 392 g/mol. The van der Waals surface area contributed by atoms with Crippen molar-refractivity contribution in [1.29, 1.82) is 0 Å². The number of halogens is 3. The summed E-state index contributed by atoms with van der Waals surface area (Å²) >= 11 is 0. The molecule has 0 bridgehead atoms. The molecule has 0 saturated heterocycles. The second-order valence-corrected chi connectivity index (χ2v) is 5.55. The highest BCUT2D eigenvalue weighted by Gasteiger charge is 2.16. The number of ketones is 1. The summed E-state index contributed by atoms with van der Waals surface area (Å²) in [5, 5.41) is 3.79. The molecule has 0 atom stereocenters. The van der Waals surface area contributed by atoms with Crippen LogP contribution in [0.1, 0.15) is 10.4 Å². The Morgan fingerprint density at radius 2 is 1.75 bits per heavy atom. The van der Waals surface area contributed by atoms with Crippen molar-refractivity contribution in [3.8, 4) is 11.5 Å². The molecule has 3 aromatic rings. The lowest BCUT2D eigenvalue weighted by atomic mass is 10.1. The number of esters is 1. The Labute approximate surface area is 155 Å². The first kappa shape index (κ1) is 19.1. The molecule has 0 unspecified atom stereocenters. The van der Waals surface area contributed by atoms with Crippen molar-refractivity contribution in [2.24, 2.45) is 0 Å². The quantitative estimate of drug-likeness (QED) is 0.472. The van der Waals surface area contributed by atoms with E-state index in [4.69, 9.17) is 9.15 Å². The highest BCUT2D eigenvalue weighted by molar-refractivity contribution is 5.97. The molecule has 28 heavy (non-hydrogen) atoms. The molecule has 1 heterocycles. The minimum absolute atomic E-state index is 0.129. The van der Waals surface area contributed by atoms with E-state index in [-0.39, 0.29) is 11.5 Å². The SMILES string of the molecule is O=C(Cn1nc(-c2ccc(F)cc2)oc1=O)OCC(=O)c1ccc(F)c(F)c1. The van der Waals surface area contributed by atoms with Crippen LogP contribution in [0.2, 0.25) is 0 Å². The first-order chi connectivity index (χ1) is 13.3. The van der Waals surface area contributed by atoms with Crippen LogP contribution in [-0.2, 0) is 16.1 Å². The van der Waals surface area contributed by atoms with Crippen LogP contribution in [0, 0.1) is 17.5 Å². The molecule has 0 aliphatic heterocycles. The highest BCUT2D eigenvalue weighted by atomic mass is 19.2. The third-order valence-corrected chi connectivity index (χ3v) is 3.58. The van der Waals surface area contributed by atoms with E-state index in [1.54, 1.807) is 0 Å². The number of benzene rings is 2. The van der Waals surface area contributed by atoms with E-state index < -0.39 is 48.1 Å². The standard InChI is InChI=1S/C18H11F3N2O5/c19-12-4-1-10(2-5-12)17-22-23(18(26)28-17)8-16(25)27-9-15(24)11-3-6-13(20)14(21)7-11/h1-7H,8-9H2. The number of nitrogens with zero attached hydrogens (tertiary/aromatic N) is 2. The van der Waals surface area contributed by atoms with Crippen molar-refractivity contribution in [2.75, 3.05) is 6.61 Å². The maximum atomic E-state index is 13.1. The number of carbonyl (C=O) groups is 2. The molecule has 0 aliphatic rings. The van der Waals surface area contributed by atoms with Gasteiger partial charge in [0.25, 0.3) is 0 Å². The number of hydrogen-bond acceptors (Lipinski definition) is 6. The van der Waals surface area contributed by atoms with Crippen LogP contribution in [0.5, 0.6) is 0 Å². The highest BCUT2D eigenvalue weighted by Crippen LogP contribution is 2.15. The molecule has 0 saturated carbocycles. The van der Waals surface area contributed by atoms with Gasteiger partial charge in [0.05, 0.1) is 0 Å². The molecule has 0 fully saturated rings. The number of Topliss-reactive ketones (excluding diaryl/α,β-unsaturated/α-hetero) is 1. The van der Waals surface area contributed by atoms with Crippen molar-refractivity contribution in [3.63, 3.8) is 0 Å².